The molecule has 6 heteroatoms. The summed E-state index contributed by atoms with van der Waals surface area (Å²) in [4.78, 5) is 3.45. The first-order valence-corrected chi connectivity index (χ1v) is 4.46. The van der Waals surface area contributed by atoms with Crippen molar-refractivity contribution < 1.29 is 17.9 Å². The van der Waals surface area contributed by atoms with E-state index in [-0.39, 0.29) is 11.9 Å². The molecule has 0 atom stereocenters. The Kier molecular flexibility index (Phi) is 2.52. The van der Waals surface area contributed by atoms with Crippen molar-refractivity contribution in [3.63, 3.8) is 0 Å². The lowest BCUT2D eigenvalue weighted by atomic mass is 10.2. The van der Waals surface area contributed by atoms with E-state index in [9.17, 15) is 13.2 Å². The molecular formula is C9H9F3N2O. The predicted octanol–water partition coefficient (Wildman–Crippen LogP) is 1.45. The molecule has 1 aromatic rings. The number of nitrogens with zero attached hydrogens (tertiary/aromatic N) is 1. The second kappa shape index (κ2) is 3.69. The van der Waals surface area contributed by atoms with E-state index in [0.717, 1.165) is 6.20 Å². The van der Waals surface area contributed by atoms with Gasteiger partial charge in [0, 0.05) is 25.5 Å². The smallest absolute Gasteiger partial charge is 0.421 e. The molecule has 0 aromatic carbocycles. The molecule has 1 N–H and O–H groups in total. The van der Waals surface area contributed by atoms with Crippen molar-refractivity contribution in [2.24, 2.45) is 0 Å². The molecule has 15 heavy (non-hydrogen) atoms. The number of aromatic nitrogens is 1. The first-order chi connectivity index (χ1) is 7.07. The minimum absolute atomic E-state index is 0.149. The third-order valence-electron chi connectivity index (χ3n) is 2.12. The maximum atomic E-state index is 12.5. The lowest BCUT2D eigenvalue weighted by Crippen LogP contribution is -2.50. The van der Waals surface area contributed by atoms with E-state index in [0.29, 0.717) is 13.1 Å². The number of nitrogens with one attached hydrogen (secondary N) is 1. The van der Waals surface area contributed by atoms with E-state index in [4.69, 9.17) is 4.74 Å². The van der Waals surface area contributed by atoms with Crippen LogP contribution in [-0.2, 0) is 6.18 Å². The second-order valence-electron chi connectivity index (χ2n) is 3.27. The highest BCUT2D eigenvalue weighted by Crippen LogP contribution is 2.35. The zero-order valence-corrected chi connectivity index (χ0v) is 7.71. The van der Waals surface area contributed by atoms with Gasteiger partial charge >= 0.3 is 6.18 Å². The Morgan fingerprint density at radius 2 is 2.13 bits per heavy atom. The van der Waals surface area contributed by atoms with Gasteiger partial charge in [-0.1, -0.05) is 0 Å². The summed E-state index contributed by atoms with van der Waals surface area (Å²) in [6, 6.07) is 1.24. The van der Waals surface area contributed by atoms with Crippen molar-refractivity contribution in [2.45, 2.75) is 12.3 Å². The molecule has 1 aliphatic heterocycles. The Balaban J connectivity index is 2.21. The molecule has 0 unspecified atom stereocenters. The van der Waals surface area contributed by atoms with E-state index in [1.165, 1.54) is 12.3 Å². The Morgan fingerprint density at radius 1 is 1.40 bits per heavy atom. The first kappa shape index (κ1) is 10.2. The average molecular weight is 218 g/mol. The summed E-state index contributed by atoms with van der Waals surface area (Å²) in [5.41, 5.74) is -0.822. The molecular weight excluding hydrogens is 209 g/mol. The summed E-state index contributed by atoms with van der Waals surface area (Å²) in [7, 11) is 0. The molecule has 82 valence electrons. The number of pyridine rings is 1. The van der Waals surface area contributed by atoms with Crippen LogP contribution in [0.1, 0.15) is 5.56 Å². The molecule has 3 nitrogen and oxygen atoms in total. The Morgan fingerprint density at radius 3 is 2.67 bits per heavy atom. The van der Waals surface area contributed by atoms with E-state index in [1.54, 1.807) is 0 Å². The van der Waals surface area contributed by atoms with E-state index in [1.807, 2.05) is 0 Å². The molecule has 0 aliphatic carbocycles. The molecule has 1 aliphatic rings. The van der Waals surface area contributed by atoms with Gasteiger partial charge in [0.15, 0.2) is 0 Å². The van der Waals surface area contributed by atoms with Gasteiger partial charge in [-0.05, 0) is 6.07 Å². The Bertz CT molecular complexity index is 349. The van der Waals surface area contributed by atoms with Crippen molar-refractivity contribution in [2.75, 3.05) is 13.1 Å². The summed E-state index contributed by atoms with van der Waals surface area (Å²) in [6.07, 6.45) is -2.52. The lowest BCUT2D eigenvalue weighted by Gasteiger charge is -2.28. The number of alkyl halides is 3. The van der Waals surface area contributed by atoms with Crippen LogP contribution >= 0.6 is 0 Å². The molecule has 0 radical (unpaired) electrons. The number of ether oxygens (including phenoxy) is 1. The van der Waals surface area contributed by atoms with Gasteiger partial charge in [-0.25, -0.2) is 0 Å². The van der Waals surface area contributed by atoms with E-state index >= 15 is 0 Å². The largest absolute Gasteiger partial charge is 0.487 e. The van der Waals surface area contributed by atoms with E-state index in [2.05, 4.69) is 10.3 Å². The maximum Gasteiger partial charge on any atom is 0.421 e. The average Bonchev–Trinajstić information content (AvgIpc) is 2.10. The van der Waals surface area contributed by atoms with Crippen molar-refractivity contribution >= 4 is 0 Å². The van der Waals surface area contributed by atoms with Crippen molar-refractivity contribution in [1.82, 2.24) is 10.3 Å². The van der Waals surface area contributed by atoms with Gasteiger partial charge in [0.1, 0.15) is 17.4 Å². The lowest BCUT2D eigenvalue weighted by molar-refractivity contribution is -0.139. The molecule has 0 saturated carbocycles. The topological polar surface area (TPSA) is 34.1 Å². The molecule has 1 saturated heterocycles. The van der Waals surface area contributed by atoms with Crippen LogP contribution < -0.4 is 10.1 Å². The van der Waals surface area contributed by atoms with Gasteiger partial charge in [0.25, 0.3) is 0 Å². The fourth-order valence-electron chi connectivity index (χ4n) is 1.22. The SMILES string of the molecule is FC(F)(F)c1cnccc1OC1CNC1. The standard InChI is InChI=1S/C9H9F3N2O/c10-9(11,12)7-5-13-2-1-8(7)15-6-3-14-4-6/h1-2,5-6,14H,3-4H2. The summed E-state index contributed by atoms with van der Waals surface area (Å²) >= 11 is 0. The van der Waals surface area contributed by atoms with Gasteiger partial charge in [0.2, 0.25) is 0 Å². The monoisotopic (exact) mass is 218 g/mol. The highest BCUT2D eigenvalue weighted by molar-refractivity contribution is 5.32. The Hall–Kier alpha value is -1.30. The normalized spacial score (nSPS) is 17.3. The number of halogens is 3. The zero-order valence-electron chi connectivity index (χ0n) is 7.71. The van der Waals surface area contributed by atoms with Crippen LogP contribution in [0.4, 0.5) is 13.2 Å². The fourth-order valence-corrected chi connectivity index (χ4v) is 1.22. The van der Waals surface area contributed by atoms with Crippen LogP contribution in [0.15, 0.2) is 18.5 Å². The van der Waals surface area contributed by atoms with Gasteiger partial charge in [-0.15, -0.1) is 0 Å². The predicted molar refractivity (Wildman–Crippen MR) is 46.5 cm³/mol. The highest BCUT2D eigenvalue weighted by atomic mass is 19.4. The summed E-state index contributed by atoms with van der Waals surface area (Å²) in [5, 5.41) is 2.92. The molecule has 2 rings (SSSR count). The molecule has 1 aromatic heterocycles. The molecule has 0 spiro atoms. The minimum Gasteiger partial charge on any atom is -0.487 e. The Labute approximate surface area is 84.3 Å². The van der Waals surface area contributed by atoms with Crippen LogP contribution in [0.3, 0.4) is 0 Å². The zero-order chi connectivity index (χ0) is 10.9. The van der Waals surface area contributed by atoms with Crippen LogP contribution in [0, 0.1) is 0 Å². The van der Waals surface area contributed by atoms with E-state index < -0.39 is 11.7 Å². The van der Waals surface area contributed by atoms with Crippen molar-refractivity contribution in [3.05, 3.63) is 24.0 Å². The first-order valence-electron chi connectivity index (χ1n) is 4.46. The number of rotatable bonds is 2. The number of hydrogen-bond donors (Lipinski definition) is 1. The third kappa shape index (κ3) is 2.20. The highest BCUT2D eigenvalue weighted by Gasteiger charge is 2.35. The third-order valence-corrected chi connectivity index (χ3v) is 2.12. The second-order valence-corrected chi connectivity index (χ2v) is 3.27. The van der Waals surface area contributed by atoms with Crippen LogP contribution in [0.25, 0.3) is 0 Å². The summed E-state index contributed by atoms with van der Waals surface area (Å²) in [5.74, 6) is -0.149. The van der Waals surface area contributed by atoms with Crippen LogP contribution in [0.2, 0.25) is 0 Å². The molecule has 0 bridgehead atoms. The van der Waals surface area contributed by atoms with Crippen molar-refractivity contribution in [1.29, 1.82) is 0 Å². The van der Waals surface area contributed by atoms with Gasteiger partial charge < -0.3 is 10.1 Å². The fraction of sp³-hybridized carbons (Fsp3) is 0.444. The molecule has 0 amide bonds. The van der Waals surface area contributed by atoms with Gasteiger partial charge in [-0.2, -0.15) is 13.2 Å². The minimum atomic E-state index is -4.42. The number of hydrogen-bond acceptors (Lipinski definition) is 3. The quantitative estimate of drug-likeness (QED) is 0.815. The van der Waals surface area contributed by atoms with Gasteiger partial charge in [-0.3, -0.25) is 4.98 Å². The van der Waals surface area contributed by atoms with Crippen LogP contribution in [-0.4, -0.2) is 24.2 Å². The van der Waals surface area contributed by atoms with Crippen LogP contribution in [0.5, 0.6) is 5.75 Å². The van der Waals surface area contributed by atoms with Crippen molar-refractivity contribution in [3.8, 4) is 5.75 Å². The molecule has 1 fully saturated rings. The molecule has 2 heterocycles. The maximum absolute atomic E-state index is 12.5. The summed E-state index contributed by atoms with van der Waals surface area (Å²) in [6.45, 7) is 1.17. The van der Waals surface area contributed by atoms with Gasteiger partial charge in [0.05, 0.1) is 0 Å². The summed E-state index contributed by atoms with van der Waals surface area (Å²) < 4.78 is 42.6.